The van der Waals surface area contributed by atoms with Gasteiger partial charge in [0.2, 0.25) is 6.41 Å². The molecule has 6 N–H and O–H groups in total. The van der Waals surface area contributed by atoms with Crippen LogP contribution in [0.5, 0.6) is 0 Å². The summed E-state index contributed by atoms with van der Waals surface area (Å²) in [6.45, 7) is 11.5. The van der Waals surface area contributed by atoms with E-state index in [4.69, 9.17) is 15.9 Å². The van der Waals surface area contributed by atoms with Gasteiger partial charge < -0.3 is 31.9 Å². The number of thiol groups is 1. The summed E-state index contributed by atoms with van der Waals surface area (Å²) in [6, 6.07) is 13.6. The van der Waals surface area contributed by atoms with Gasteiger partial charge in [0.25, 0.3) is 5.91 Å². The number of nitrogens with one attached hydrogen (secondary N) is 2. The number of hydrogen-bond donors (Lipinski definition) is 5. The second kappa shape index (κ2) is 28.3. The van der Waals surface area contributed by atoms with Crippen molar-refractivity contribution in [1.82, 2.24) is 10.2 Å². The number of rotatable bonds is 6. The van der Waals surface area contributed by atoms with E-state index in [9.17, 15) is 14.0 Å². The van der Waals surface area contributed by atoms with Crippen molar-refractivity contribution >= 4 is 43.6 Å². The van der Waals surface area contributed by atoms with E-state index >= 15 is 0 Å². The monoisotopic (exact) mass is 575 g/mol. The van der Waals surface area contributed by atoms with Crippen LogP contribution in [0.2, 0.25) is 0 Å². The first-order chi connectivity index (χ1) is 19.4. The average molecular weight is 576 g/mol. The maximum atomic E-state index is 13.4. The molecule has 0 spiro atoms. The standard InChI is InChI=1S/C15H16FNOS.C9H12N2O.C2H5N.C2H6.CH5N.CH2O/c16-14-7-2-1-4-12(14)5-3-6-13-10-17(11-18)9-8-15(13)19;1-2-11-9(12)7-3-5-8(10)6-4-7;1-2-3;3*1-2/h1-4,6-7,11,19H,5,8-10H2;3-6H,2,10H2,1H3,(H,11,12);2-3H,1H3;1-2H3;2H2,1H3;1H2/b6-3+;;;;;. The molecule has 1 aliphatic rings. The highest BCUT2D eigenvalue weighted by atomic mass is 32.1. The summed E-state index contributed by atoms with van der Waals surface area (Å²) >= 11 is 4.43. The quantitative estimate of drug-likeness (QED) is 0.142. The summed E-state index contributed by atoms with van der Waals surface area (Å²) < 4.78 is 13.4. The van der Waals surface area contributed by atoms with E-state index in [1.807, 2.05) is 45.8 Å². The molecule has 0 fully saturated rings. The number of halogens is 1. The second-order valence-electron chi connectivity index (χ2n) is 7.27. The lowest BCUT2D eigenvalue weighted by Crippen LogP contribution is -2.29. The zero-order valence-electron chi connectivity index (χ0n) is 24.3. The summed E-state index contributed by atoms with van der Waals surface area (Å²) in [6.07, 6.45) is 7.27. The fourth-order valence-electron chi connectivity index (χ4n) is 2.93. The van der Waals surface area contributed by atoms with Crippen LogP contribution in [0, 0.1) is 11.2 Å². The number of carbonyl (C=O) groups is 3. The van der Waals surface area contributed by atoms with Crippen molar-refractivity contribution in [2.75, 3.05) is 32.4 Å². The molecule has 1 aliphatic heterocycles. The van der Waals surface area contributed by atoms with Gasteiger partial charge in [0.1, 0.15) is 12.6 Å². The Labute approximate surface area is 244 Å². The summed E-state index contributed by atoms with van der Waals surface area (Å²) in [5.74, 6) is -0.247. The van der Waals surface area contributed by atoms with Gasteiger partial charge in [0.15, 0.2) is 0 Å². The number of benzene rings is 2. The van der Waals surface area contributed by atoms with Gasteiger partial charge in [-0.1, -0.05) is 44.2 Å². The van der Waals surface area contributed by atoms with Crippen molar-refractivity contribution in [2.24, 2.45) is 5.73 Å². The Morgan fingerprint density at radius 1 is 1.15 bits per heavy atom. The molecule has 0 radical (unpaired) electrons. The van der Waals surface area contributed by atoms with Gasteiger partial charge in [-0.3, -0.25) is 9.59 Å². The van der Waals surface area contributed by atoms with Crippen LogP contribution in [0.1, 0.15) is 50.0 Å². The predicted octanol–water partition coefficient (Wildman–Crippen LogP) is 5.06. The molecule has 0 unspecified atom stereocenters. The van der Waals surface area contributed by atoms with Crippen molar-refractivity contribution in [3.05, 3.63) is 88.1 Å². The van der Waals surface area contributed by atoms with Gasteiger partial charge in [0.05, 0.1) is 0 Å². The van der Waals surface area contributed by atoms with E-state index in [1.165, 1.54) is 19.3 Å². The van der Waals surface area contributed by atoms with Crippen molar-refractivity contribution in [3.8, 4) is 0 Å². The topological polar surface area (TPSA) is 142 Å². The summed E-state index contributed by atoms with van der Waals surface area (Å²) in [7, 11) is 1.50. The van der Waals surface area contributed by atoms with Crippen molar-refractivity contribution in [3.63, 3.8) is 0 Å². The molecule has 40 heavy (non-hydrogen) atoms. The lowest BCUT2D eigenvalue weighted by Gasteiger charge is -2.24. The Bertz CT molecular complexity index is 1010. The van der Waals surface area contributed by atoms with E-state index in [-0.39, 0.29) is 11.7 Å². The molecule has 2 aromatic carbocycles. The van der Waals surface area contributed by atoms with Crippen LogP contribution >= 0.6 is 12.6 Å². The Kier molecular flexibility index (Phi) is 28.8. The first kappa shape index (κ1) is 40.7. The third-order valence-corrected chi connectivity index (χ3v) is 5.16. The highest BCUT2D eigenvalue weighted by molar-refractivity contribution is 7.84. The fraction of sp³-hybridized carbons (Fsp3) is 0.333. The maximum Gasteiger partial charge on any atom is 0.251 e. The number of amides is 2. The van der Waals surface area contributed by atoms with Crippen LogP contribution in [-0.2, 0) is 16.0 Å². The zero-order valence-corrected chi connectivity index (χ0v) is 25.2. The lowest BCUT2D eigenvalue weighted by molar-refractivity contribution is -0.117. The molecule has 8 nitrogen and oxygen atoms in total. The van der Waals surface area contributed by atoms with Crippen LogP contribution in [0.15, 0.2) is 71.2 Å². The average Bonchev–Trinajstić information content (AvgIpc) is 2.99. The molecule has 2 amide bonds. The molecule has 10 heteroatoms. The number of anilines is 1. The molecule has 0 bridgehead atoms. The molecule has 0 atom stereocenters. The van der Waals surface area contributed by atoms with Gasteiger partial charge in [-0.25, -0.2) is 4.39 Å². The smallest absolute Gasteiger partial charge is 0.251 e. The molecule has 0 aliphatic carbocycles. The molecule has 3 rings (SSSR count). The number of nitrogens with zero attached hydrogens (tertiary/aromatic N) is 1. The molecule has 0 aromatic heterocycles. The number of nitrogens with two attached hydrogens (primary N) is 2. The van der Waals surface area contributed by atoms with E-state index in [2.05, 4.69) is 23.7 Å². The molecular weight excluding hydrogens is 529 g/mol. The normalized spacial score (nSPS) is 11.2. The number of nitrogen functional groups attached to an aromatic ring is 1. The number of allylic oxidation sites excluding steroid dienone is 1. The van der Waals surface area contributed by atoms with E-state index in [0.29, 0.717) is 42.9 Å². The van der Waals surface area contributed by atoms with E-state index in [1.54, 1.807) is 48.2 Å². The van der Waals surface area contributed by atoms with Crippen LogP contribution in [0.4, 0.5) is 10.1 Å². The first-order valence-electron chi connectivity index (χ1n) is 12.8. The number of hydrogen-bond acceptors (Lipinski definition) is 7. The van der Waals surface area contributed by atoms with Gasteiger partial charge in [-0.05, 0) is 86.3 Å². The van der Waals surface area contributed by atoms with Crippen LogP contribution in [0.3, 0.4) is 0 Å². The first-order valence-corrected chi connectivity index (χ1v) is 13.3. The third-order valence-electron chi connectivity index (χ3n) is 4.65. The highest BCUT2D eigenvalue weighted by Gasteiger charge is 2.13. The van der Waals surface area contributed by atoms with Gasteiger partial charge in [-0.15, -0.1) is 12.6 Å². The summed E-state index contributed by atoms with van der Waals surface area (Å²) in [5, 5.41) is 8.78. The lowest BCUT2D eigenvalue weighted by atomic mass is 10.1. The molecule has 1 heterocycles. The zero-order chi connectivity index (χ0) is 31.3. The van der Waals surface area contributed by atoms with Crippen LogP contribution < -0.4 is 16.8 Å². The second-order valence-corrected chi connectivity index (χ2v) is 7.81. The minimum absolute atomic E-state index is 0.0579. The molecule has 222 valence electrons. The van der Waals surface area contributed by atoms with Crippen molar-refractivity contribution in [2.45, 2.75) is 40.5 Å². The summed E-state index contributed by atoms with van der Waals surface area (Å²) in [5.41, 5.74) is 13.0. The molecule has 0 saturated carbocycles. The molecule has 2 aromatic rings. The van der Waals surface area contributed by atoms with Crippen molar-refractivity contribution in [1.29, 1.82) is 5.41 Å². The Balaban J connectivity index is -0.000000560. The highest BCUT2D eigenvalue weighted by Crippen LogP contribution is 2.21. The maximum absolute atomic E-state index is 13.4. The van der Waals surface area contributed by atoms with Crippen LogP contribution in [-0.4, -0.2) is 56.9 Å². The van der Waals surface area contributed by atoms with Crippen LogP contribution in [0.25, 0.3) is 0 Å². The third kappa shape index (κ3) is 18.5. The summed E-state index contributed by atoms with van der Waals surface area (Å²) in [4.78, 5) is 32.7. The molecule has 0 saturated heterocycles. The van der Waals surface area contributed by atoms with Gasteiger partial charge >= 0.3 is 0 Å². The Hall–Kier alpha value is -3.76. The predicted molar refractivity (Wildman–Crippen MR) is 169 cm³/mol. The fourth-order valence-corrected chi connectivity index (χ4v) is 3.17. The van der Waals surface area contributed by atoms with E-state index < -0.39 is 0 Å². The largest absolute Gasteiger partial charge is 0.399 e. The Morgan fingerprint density at radius 3 is 2.20 bits per heavy atom. The van der Waals surface area contributed by atoms with Gasteiger partial charge in [0, 0.05) is 30.9 Å². The molecular formula is C30H46FN5O3S. The van der Waals surface area contributed by atoms with Gasteiger partial charge in [-0.2, -0.15) is 0 Å². The number of carbonyl (C=O) groups excluding carboxylic acids is 3. The minimum Gasteiger partial charge on any atom is -0.399 e. The van der Waals surface area contributed by atoms with E-state index in [0.717, 1.165) is 23.3 Å². The SMILES string of the molecule is C=O.CC.CC=N.CCNC(=O)c1ccc(N)cc1.CN.O=CN1CCC(S)=C(/C=C/Cc2ccccc2F)C1. The Morgan fingerprint density at radius 2 is 1.70 bits per heavy atom. The van der Waals surface area contributed by atoms with Crippen molar-refractivity contribution < 1.29 is 18.8 Å². The minimum atomic E-state index is -0.189.